The van der Waals surface area contributed by atoms with Crippen molar-refractivity contribution in [3.63, 3.8) is 0 Å². The highest BCUT2D eigenvalue weighted by Crippen LogP contribution is 2.37. The predicted molar refractivity (Wildman–Crippen MR) is 105 cm³/mol. The van der Waals surface area contributed by atoms with E-state index < -0.39 is 10.0 Å². The second-order valence-electron chi connectivity index (χ2n) is 7.40. The van der Waals surface area contributed by atoms with Crippen LogP contribution < -0.4 is 0 Å². The fourth-order valence-corrected chi connectivity index (χ4v) is 5.13. The molecule has 7 nitrogen and oxygen atoms in total. The number of hydrogen-bond acceptors (Lipinski definition) is 5. The molecule has 1 aliphatic rings. The Morgan fingerprint density at radius 1 is 1.18 bits per heavy atom. The third-order valence-electron chi connectivity index (χ3n) is 5.39. The van der Waals surface area contributed by atoms with Gasteiger partial charge in [0.15, 0.2) is 0 Å². The zero-order chi connectivity index (χ0) is 19.9. The zero-order valence-electron chi connectivity index (χ0n) is 16.3. The summed E-state index contributed by atoms with van der Waals surface area (Å²) in [5.74, 6) is 1.31. The number of sulfonamides is 1. The summed E-state index contributed by atoms with van der Waals surface area (Å²) in [7, 11) is -2.08. The van der Waals surface area contributed by atoms with Crippen LogP contribution in [-0.4, -0.2) is 35.0 Å². The summed E-state index contributed by atoms with van der Waals surface area (Å²) in [6, 6.07) is 9.53. The monoisotopic (exact) mass is 400 g/mol. The average Bonchev–Trinajstić information content (AvgIpc) is 3.19. The highest BCUT2D eigenvalue weighted by Gasteiger charge is 2.31. The SMILES string of the molecule is Cc1[nH]c(-c2nnc(C3CCC3)o2)c(C)c1S(=O)(=O)N(C)Cc1ccccc1. The number of H-pyrrole nitrogens is 1. The lowest BCUT2D eigenvalue weighted by Gasteiger charge is -2.20. The molecule has 4 rings (SSSR count). The van der Waals surface area contributed by atoms with E-state index >= 15 is 0 Å². The number of benzene rings is 1. The van der Waals surface area contributed by atoms with Gasteiger partial charge >= 0.3 is 0 Å². The summed E-state index contributed by atoms with van der Waals surface area (Å²) >= 11 is 0. The maximum atomic E-state index is 13.2. The number of hydrogen-bond donors (Lipinski definition) is 1. The topological polar surface area (TPSA) is 92.1 Å². The Kier molecular flexibility index (Phi) is 4.84. The number of aromatic nitrogens is 3. The van der Waals surface area contributed by atoms with Gasteiger partial charge in [0.05, 0.1) is 0 Å². The molecule has 0 bridgehead atoms. The van der Waals surface area contributed by atoms with Crippen LogP contribution in [0, 0.1) is 13.8 Å². The van der Waals surface area contributed by atoms with E-state index in [1.165, 1.54) is 10.7 Å². The summed E-state index contributed by atoms with van der Waals surface area (Å²) in [5.41, 5.74) is 2.67. The fourth-order valence-electron chi connectivity index (χ4n) is 3.57. The van der Waals surface area contributed by atoms with Crippen LogP contribution in [0.1, 0.15) is 47.9 Å². The van der Waals surface area contributed by atoms with Crippen molar-refractivity contribution in [1.82, 2.24) is 19.5 Å². The van der Waals surface area contributed by atoms with Gasteiger partial charge in [-0.05, 0) is 37.8 Å². The third kappa shape index (κ3) is 3.27. The van der Waals surface area contributed by atoms with Gasteiger partial charge in [0, 0.05) is 25.2 Å². The first-order valence-electron chi connectivity index (χ1n) is 9.41. The van der Waals surface area contributed by atoms with Crippen LogP contribution in [-0.2, 0) is 16.6 Å². The van der Waals surface area contributed by atoms with E-state index in [4.69, 9.17) is 4.42 Å². The van der Waals surface area contributed by atoms with Crippen molar-refractivity contribution in [1.29, 1.82) is 0 Å². The van der Waals surface area contributed by atoms with E-state index in [-0.39, 0.29) is 4.90 Å². The van der Waals surface area contributed by atoms with Crippen LogP contribution in [0.3, 0.4) is 0 Å². The van der Waals surface area contributed by atoms with Crippen LogP contribution in [0.2, 0.25) is 0 Å². The van der Waals surface area contributed by atoms with Gasteiger partial charge in [-0.15, -0.1) is 10.2 Å². The Morgan fingerprint density at radius 3 is 2.54 bits per heavy atom. The summed E-state index contributed by atoms with van der Waals surface area (Å²) in [6.07, 6.45) is 3.31. The maximum absolute atomic E-state index is 13.2. The molecule has 0 aliphatic heterocycles. The molecule has 0 amide bonds. The van der Waals surface area contributed by atoms with E-state index in [1.807, 2.05) is 30.3 Å². The highest BCUT2D eigenvalue weighted by molar-refractivity contribution is 7.89. The first kappa shape index (κ1) is 18.9. The zero-order valence-corrected chi connectivity index (χ0v) is 17.1. The first-order chi connectivity index (χ1) is 13.4. The Bertz CT molecular complexity index is 1080. The highest BCUT2D eigenvalue weighted by atomic mass is 32.2. The molecular formula is C20H24N4O3S. The van der Waals surface area contributed by atoms with Gasteiger partial charge < -0.3 is 9.40 Å². The fraction of sp³-hybridized carbons (Fsp3) is 0.400. The second kappa shape index (κ2) is 7.18. The number of aryl methyl sites for hydroxylation is 1. The summed E-state index contributed by atoms with van der Waals surface area (Å²) in [4.78, 5) is 3.41. The molecule has 0 unspecified atom stereocenters. The summed E-state index contributed by atoms with van der Waals surface area (Å²) < 4.78 is 33.7. The largest absolute Gasteiger partial charge is 0.419 e. The number of rotatable bonds is 6. The first-order valence-corrected chi connectivity index (χ1v) is 10.8. The molecule has 3 aromatic rings. The second-order valence-corrected chi connectivity index (χ2v) is 9.38. The van der Waals surface area contributed by atoms with Crippen LogP contribution in [0.4, 0.5) is 0 Å². The van der Waals surface area contributed by atoms with Gasteiger partial charge in [0.25, 0.3) is 5.89 Å². The molecule has 1 fully saturated rings. The predicted octanol–water partition coefficient (Wildman–Crippen LogP) is 3.77. The molecule has 2 aromatic heterocycles. The van der Waals surface area contributed by atoms with Crippen LogP contribution >= 0.6 is 0 Å². The van der Waals surface area contributed by atoms with Gasteiger partial charge in [0.1, 0.15) is 10.6 Å². The molecule has 1 aliphatic carbocycles. The van der Waals surface area contributed by atoms with E-state index in [0.29, 0.717) is 41.2 Å². The van der Waals surface area contributed by atoms with Gasteiger partial charge in [-0.1, -0.05) is 36.8 Å². The van der Waals surface area contributed by atoms with E-state index in [2.05, 4.69) is 15.2 Å². The van der Waals surface area contributed by atoms with Crippen molar-refractivity contribution >= 4 is 10.0 Å². The van der Waals surface area contributed by atoms with E-state index in [1.54, 1.807) is 20.9 Å². The Labute approximate surface area is 164 Å². The van der Waals surface area contributed by atoms with Gasteiger partial charge in [0.2, 0.25) is 15.9 Å². The molecule has 8 heteroatoms. The van der Waals surface area contributed by atoms with Crippen LogP contribution in [0.5, 0.6) is 0 Å². The number of nitrogens with one attached hydrogen (secondary N) is 1. The Morgan fingerprint density at radius 2 is 1.89 bits per heavy atom. The normalized spacial score (nSPS) is 15.1. The standard InChI is InChI=1S/C20H24N4O3S/c1-13-17(20-23-22-19(27-20)16-10-7-11-16)21-14(2)18(13)28(25,26)24(3)12-15-8-5-4-6-9-15/h4-6,8-9,16,21H,7,10-12H2,1-3H3. The van der Waals surface area contributed by atoms with Crippen molar-refractivity contribution in [2.24, 2.45) is 0 Å². The molecule has 1 aromatic carbocycles. The molecule has 0 atom stereocenters. The molecule has 1 N–H and O–H groups in total. The molecule has 2 heterocycles. The third-order valence-corrected chi connectivity index (χ3v) is 7.47. The van der Waals surface area contributed by atoms with Crippen molar-refractivity contribution in [2.75, 3.05) is 7.05 Å². The van der Waals surface area contributed by atoms with Crippen LogP contribution in [0.15, 0.2) is 39.6 Å². The lowest BCUT2D eigenvalue weighted by atomic mass is 9.85. The van der Waals surface area contributed by atoms with Crippen LogP contribution in [0.25, 0.3) is 11.6 Å². The van der Waals surface area contributed by atoms with Crippen molar-refractivity contribution in [2.45, 2.75) is 50.5 Å². The molecule has 0 radical (unpaired) electrons. The maximum Gasteiger partial charge on any atom is 0.264 e. The Hall–Kier alpha value is -2.45. The van der Waals surface area contributed by atoms with Crippen molar-refractivity contribution < 1.29 is 12.8 Å². The summed E-state index contributed by atoms with van der Waals surface area (Å²) in [5, 5.41) is 8.29. The molecule has 28 heavy (non-hydrogen) atoms. The average molecular weight is 401 g/mol. The smallest absolute Gasteiger partial charge is 0.264 e. The number of nitrogens with zero attached hydrogens (tertiary/aromatic N) is 3. The number of aromatic amines is 1. The van der Waals surface area contributed by atoms with Crippen molar-refractivity contribution in [3.8, 4) is 11.6 Å². The molecule has 0 spiro atoms. The molecule has 0 saturated heterocycles. The Balaban J connectivity index is 1.65. The minimum absolute atomic E-state index is 0.268. The minimum atomic E-state index is -3.68. The minimum Gasteiger partial charge on any atom is -0.419 e. The lowest BCUT2D eigenvalue weighted by Crippen LogP contribution is -2.27. The van der Waals surface area contributed by atoms with E-state index in [9.17, 15) is 8.42 Å². The quantitative estimate of drug-likeness (QED) is 0.680. The van der Waals surface area contributed by atoms with E-state index in [0.717, 1.165) is 18.4 Å². The molecule has 1 saturated carbocycles. The molecular weight excluding hydrogens is 376 g/mol. The van der Waals surface area contributed by atoms with Crippen molar-refractivity contribution in [3.05, 3.63) is 53.0 Å². The lowest BCUT2D eigenvalue weighted by molar-refractivity contribution is 0.338. The van der Waals surface area contributed by atoms with Gasteiger partial charge in [-0.3, -0.25) is 0 Å². The van der Waals surface area contributed by atoms with Gasteiger partial charge in [-0.25, -0.2) is 8.42 Å². The summed E-state index contributed by atoms with van der Waals surface area (Å²) in [6.45, 7) is 3.83. The van der Waals surface area contributed by atoms with Gasteiger partial charge in [-0.2, -0.15) is 4.31 Å². The molecule has 148 valence electrons.